The van der Waals surface area contributed by atoms with Crippen LogP contribution in [0.4, 0.5) is 5.82 Å². The summed E-state index contributed by atoms with van der Waals surface area (Å²) in [4.78, 5) is 11.9. The molecular formula is C21H34N4O2. The highest BCUT2D eigenvalue weighted by atomic mass is 16.5. The minimum Gasteiger partial charge on any atom is -0.393 e. The minimum absolute atomic E-state index is 0.155. The standard InChI is InChI=1S/C21H34N4O2/c1-16-23-19(17-12-18(26)13-17)14-20(24-16)22-15-21(6-4-2-3-5-7-21)25-8-10-27-11-9-25/h14,17-18,26H,2-13,15H2,1H3,(H,22,23,24). The third-order valence-corrected chi connectivity index (χ3v) is 6.70. The predicted octanol–water partition coefficient (Wildman–Crippen LogP) is 2.86. The average Bonchev–Trinajstić information content (AvgIpc) is 2.91. The van der Waals surface area contributed by atoms with Crippen molar-refractivity contribution in [2.75, 3.05) is 38.2 Å². The number of anilines is 1. The van der Waals surface area contributed by atoms with Crippen molar-refractivity contribution < 1.29 is 9.84 Å². The Morgan fingerprint density at radius 1 is 1.15 bits per heavy atom. The molecule has 1 saturated heterocycles. The Hall–Kier alpha value is -1.24. The van der Waals surface area contributed by atoms with E-state index in [9.17, 15) is 5.11 Å². The van der Waals surface area contributed by atoms with Gasteiger partial charge in [0.15, 0.2) is 0 Å². The number of hydrogen-bond donors (Lipinski definition) is 2. The lowest BCUT2D eigenvalue weighted by Gasteiger charge is -2.46. The van der Waals surface area contributed by atoms with E-state index >= 15 is 0 Å². The van der Waals surface area contributed by atoms with Gasteiger partial charge >= 0.3 is 0 Å². The Balaban J connectivity index is 1.48. The van der Waals surface area contributed by atoms with Crippen LogP contribution in [0.5, 0.6) is 0 Å². The van der Waals surface area contributed by atoms with Crippen molar-refractivity contribution in [2.45, 2.75) is 75.9 Å². The number of ether oxygens (including phenoxy) is 1. The van der Waals surface area contributed by atoms with Crippen molar-refractivity contribution in [3.8, 4) is 0 Å². The Morgan fingerprint density at radius 3 is 2.52 bits per heavy atom. The van der Waals surface area contributed by atoms with Crippen LogP contribution in [0.15, 0.2) is 6.07 Å². The summed E-state index contributed by atoms with van der Waals surface area (Å²) in [5, 5.41) is 13.3. The second kappa shape index (κ2) is 8.41. The molecule has 0 atom stereocenters. The third kappa shape index (κ3) is 4.44. The van der Waals surface area contributed by atoms with Crippen molar-refractivity contribution in [1.29, 1.82) is 0 Å². The molecule has 2 N–H and O–H groups in total. The number of morpholine rings is 1. The Bertz CT molecular complexity index is 619. The second-order valence-corrected chi connectivity index (χ2v) is 8.64. The Kier molecular flexibility index (Phi) is 5.95. The predicted molar refractivity (Wildman–Crippen MR) is 106 cm³/mol. The molecular weight excluding hydrogens is 340 g/mol. The second-order valence-electron chi connectivity index (χ2n) is 8.64. The summed E-state index contributed by atoms with van der Waals surface area (Å²) in [5.74, 6) is 2.14. The lowest BCUT2D eigenvalue weighted by molar-refractivity contribution is -0.0240. The molecule has 0 unspecified atom stereocenters. The first-order valence-electron chi connectivity index (χ1n) is 10.7. The molecule has 6 nitrogen and oxygen atoms in total. The summed E-state index contributed by atoms with van der Waals surface area (Å²) in [6.07, 6.45) is 9.34. The van der Waals surface area contributed by atoms with E-state index in [1.165, 1.54) is 38.5 Å². The number of aromatic nitrogens is 2. The van der Waals surface area contributed by atoms with E-state index in [2.05, 4.69) is 26.3 Å². The summed E-state index contributed by atoms with van der Waals surface area (Å²) in [6.45, 7) is 6.68. The number of aliphatic hydroxyl groups is 1. The molecule has 2 saturated carbocycles. The number of rotatable bonds is 5. The first-order valence-corrected chi connectivity index (χ1v) is 10.7. The van der Waals surface area contributed by atoms with Gasteiger partial charge in [-0.3, -0.25) is 4.90 Å². The third-order valence-electron chi connectivity index (χ3n) is 6.70. The Labute approximate surface area is 162 Å². The number of aliphatic hydroxyl groups excluding tert-OH is 1. The molecule has 6 heteroatoms. The van der Waals surface area contributed by atoms with Crippen molar-refractivity contribution in [3.05, 3.63) is 17.6 Å². The van der Waals surface area contributed by atoms with Crippen LogP contribution >= 0.6 is 0 Å². The van der Waals surface area contributed by atoms with Gasteiger partial charge in [0.05, 0.1) is 19.3 Å². The molecule has 0 bridgehead atoms. The maximum absolute atomic E-state index is 9.62. The van der Waals surface area contributed by atoms with Gasteiger partial charge < -0.3 is 15.2 Å². The van der Waals surface area contributed by atoms with Crippen LogP contribution in [-0.2, 0) is 4.74 Å². The number of nitrogens with zero attached hydrogens (tertiary/aromatic N) is 3. The topological polar surface area (TPSA) is 70.5 Å². The first-order chi connectivity index (χ1) is 13.1. The highest BCUT2D eigenvalue weighted by Gasteiger charge is 2.38. The molecule has 3 fully saturated rings. The van der Waals surface area contributed by atoms with Crippen LogP contribution in [-0.4, -0.2) is 64.5 Å². The van der Waals surface area contributed by atoms with Gasteiger partial charge in [-0.2, -0.15) is 0 Å². The van der Waals surface area contributed by atoms with Gasteiger partial charge in [0.2, 0.25) is 0 Å². The average molecular weight is 375 g/mol. The van der Waals surface area contributed by atoms with Gasteiger partial charge in [0.25, 0.3) is 0 Å². The first kappa shape index (κ1) is 19.1. The molecule has 27 heavy (non-hydrogen) atoms. The number of hydrogen-bond acceptors (Lipinski definition) is 6. The van der Waals surface area contributed by atoms with Crippen molar-refractivity contribution in [3.63, 3.8) is 0 Å². The van der Waals surface area contributed by atoms with Crippen molar-refractivity contribution >= 4 is 5.82 Å². The minimum atomic E-state index is -0.155. The van der Waals surface area contributed by atoms with Crippen molar-refractivity contribution in [1.82, 2.24) is 14.9 Å². The molecule has 1 aromatic rings. The van der Waals surface area contributed by atoms with Crippen LogP contribution < -0.4 is 5.32 Å². The van der Waals surface area contributed by atoms with Gasteiger partial charge in [-0.05, 0) is 32.6 Å². The van der Waals surface area contributed by atoms with Crippen LogP contribution in [0.1, 0.15) is 68.8 Å². The van der Waals surface area contributed by atoms with Gasteiger partial charge in [-0.15, -0.1) is 0 Å². The summed E-state index contributed by atoms with van der Waals surface area (Å²) in [5.41, 5.74) is 1.29. The molecule has 0 aromatic carbocycles. The van der Waals surface area contributed by atoms with Gasteiger partial charge in [0.1, 0.15) is 11.6 Å². The molecule has 0 spiro atoms. The fourth-order valence-corrected chi connectivity index (χ4v) is 5.00. The Morgan fingerprint density at radius 2 is 1.85 bits per heavy atom. The quantitative estimate of drug-likeness (QED) is 0.773. The van der Waals surface area contributed by atoms with Crippen LogP contribution in [0.3, 0.4) is 0 Å². The van der Waals surface area contributed by atoms with Gasteiger partial charge in [0, 0.05) is 42.9 Å². The number of nitrogens with one attached hydrogen (secondary N) is 1. The fourth-order valence-electron chi connectivity index (χ4n) is 5.00. The zero-order valence-electron chi connectivity index (χ0n) is 16.6. The molecule has 150 valence electrons. The van der Waals surface area contributed by atoms with Gasteiger partial charge in [-0.1, -0.05) is 25.7 Å². The molecule has 2 aliphatic carbocycles. The van der Waals surface area contributed by atoms with E-state index in [0.29, 0.717) is 5.92 Å². The maximum Gasteiger partial charge on any atom is 0.129 e. The fraction of sp³-hybridized carbons (Fsp3) is 0.810. The van der Waals surface area contributed by atoms with E-state index in [1.54, 1.807) is 0 Å². The normalized spacial score (nSPS) is 29.0. The monoisotopic (exact) mass is 374 g/mol. The summed E-state index contributed by atoms with van der Waals surface area (Å²) < 4.78 is 5.61. The van der Waals surface area contributed by atoms with Crippen LogP contribution in [0.25, 0.3) is 0 Å². The molecule has 4 rings (SSSR count). The lowest BCUT2D eigenvalue weighted by atomic mass is 9.80. The summed E-state index contributed by atoms with van der Waals surface area (Å²) in [6, 6.07) is 2.10. The highest BCUT2D eigenvalue weighted by molar-refractivity contribution is 5.38. The molecule has 0 radical (unpaired) electrons. The van der Waals surface area contributed by atoms with Crippen LogP contribution in [0, 0.1) is 6.92 Å². The SMILES string of the molecule is Cc1nc(NCC2(N3CCOCC3)CCCCCC2)cc(C2CC(O)C2)n1. The molecule has 0 amide bonds. The summed E-state index contributed by atoms with van der Waals surface area (Å²) in [7, 11) is 0. The van der Waals surface area contributed by atoms with E-state index in [1.807, 2.05) is 6.92 Å². The summed E-state index contributed by atoms with van der Waals surface area (Å²) >= 11 is 0. The van der Waals surface area contributed by atoms with Gasteiger partial charge in [-0.25, -0.2) is 9.97 Å². The van der Waals surface area contributed by atoms with E-state index in [-0.39, 0.29) is 11.6 Å². The molecule has 1 aliphatic heterocycles. The molecule has 2 heterocycles. The highest BCUT2D eigenvalue weighted by Crippen LogP contribution is 2.37. The molecule has 3 aliphatic rings. The van der Waals surface area contributed by atoms with E-state index in [0.717, 1.165) is 63.0 Å². The van der Waals surface area contributed by atoms with E-state index in [4.69, 9.17) is 4.74 Å². The zero-order valence-corrected chi connectivity index (χ0v) is 16.6. The number of aryl methyl sites for hydroxylation is 1. The molecule has 1 aromatic heterocycles. The largest absolute Gasteiger partial charge is 0.393 e. The van der Waals surface area contributed by atoms with E-state index < -0.39 is 0 Å². The van der Waals surface area contributed by atoms with Crippen LogP contribution in [0.2, 0.25) is 0 Å². The smallest absolute Gasteiger partial charge is 0.129 e. The zero-order chi connectivity index (χ0) is 18.7. The van der Waals surface area contributed by atoms with Crippen molar-refractivity contribution in [2.24, 2.45) is 0 Å². The maximum atomic E-state index is 9.62. The lowest BCUT2D eigenvalue weighted by Crippen LogP contribution is -2.57.